The minimum Gasteiger partial charge on any atom is -0.469 e. The fourth-order valence-corrected chi connectivity index (χ4v) is 7.61. The van der Waals surface area contributed by atoms with Crippen molar-refractivity contribution in [1.29, 1.82) is 0 Å². The van der Waals surface area contributed by atoms with Crippen LogP contribution >= 0.6 is 0 Å². The molecule has 3 unspecified atom stereocenters. The van der Waals surface area contributed by atoms with Crippen LogP contribution in [0.4, 0.5) is 0 Å². The predicted octanol–water partition coefficient (Wildman–Crippen LogP) is 7.26. The first kappa shape index (κ1) is 34.5. The van der Waals surface area contributed by atoms with Gasteiger partial charge >= 0.3 is 5.97 Å². The van der Waals surface area contributed by atoms with E-state index in [9.17, 15) is 14.7 Å². The molecular weight excluding hydrogens is 500 g/mol. The smallest absolute Gasteiger partial charge is 0.305 e. The van der Waals surface area contributed by atoms with Gasteiger partial charge in [0.15, 0.2) is 16.6 Å². The van der Waals surface area contributed by atoms with E-state index in [1.807, 2.05) is 0 Å². The monoisotopic (exact) mass is 558 g/mol. The van der Waals surface area contributed by atoms with Crippen molar-refractivity contribution in [3.8, 4) is 0 Å². The summed E-state index contributed by atoms with van der Waals surface area (Å²) in [4.78, 5) is 22.6. The summed E-state index contributed by atoms with van der Waals surface area (Å²) >= 11 is 0. The van der Waals surface area contributed by atoms with E-state index in [2.05, 4.69) is 67.7 Å². The average molecular weight is 559 g/mol. The molecule has 1 aliphatic rings. The summed E-state index contributed by atoms with van der Waals surface area (Å²) in [5.74, 6) is 0.454. The van der Waals surface area contributed by atoms with E-state index in [1.54, 1.807) is 0 Å². The zero-order valence-corrected chi connectivity index (χ0v) is 27.8. The van der Waals surface area contributed by atoms with Gasteiger partial charge in [-0.3, -0.25) is 4.79 Å². The lowest BCUT2D eigenvalue weighted by atomic mass is 9.85. The summed E-state index contributed by atoms with van der Waals surface area (Å²) in [6.45, 7) is 22.9. The van der Waals surface area contributed by atoms with Crippen molar-refractivity contribution in [3.63, 3.8) is 0 Å². The molecule has 0 aromatic heterocycles. The van der Waals surface area contributed by atoms with E-state index >= 15 is 0 Å². The van der Waals surface area contributed by atoms with Crippen LogP contribution in [0.5, 0.6) is 0 Å². The highest BCUT2D eigenvalue weighted by atomic mass is 28.4. The molecule has 0 spiro atoms. The maximum absolute atomic E-state index is 11.4. The number of esters is 1. The number of rotatable bonds is 15. The number of hydrogen-bond donors (Lipinski definition) is 1. The molecule has 0 heterocycles. The van der Waals surface area contributed by atoms with E-state index in [0.717, 1.165) is 44.9 Å². The van der Waals surface area contributed by atoms with Crippen molar-refractivity contribution in [3.05, 3.63) is 0 Å². The fraction of sp³-hybridized carbons (Fsp3) is 0.931. The maximum atomic E-state index is 11.4. The lowest BCUT2D eigenvalue weighted by molar-refractivity contribution is -0.140. The summed E-state index contributed by atoms with van der Waals surface area (Å²) in [5.41, 5.74) is 0. The lowest BCUT2D eigenvalue weighted by Crippen LogP contribution is -2.45. The van der Waals surface area contributed by atoms with Crippen LogP contribution < -0.4 is 0 Å². The van der Waals surface area contributed by atoms with Crippen LogP contribution in [0.1, 0.15) is 99.3 Å². The molecule has 0 bridgehead atoms. The van der Waals surface area contributed by atoms with E-state index in [0.29, 0.717) is 25.0 Å². The Labute approximate surface area is 229 Å². The van der Waals surface area contributed by atoms with Gasteiger partial charge in [-0.15, -0.1) is 0 Å². The molecule has 1 fully saturated rings. The maximum Gasteiger partial charge on any atom is 0.305 e. The van der Waals surface area contributed by atoms with Gasteiger partial charge in [-0.1, -0.05) is 60.8 Å². The van der Waals surface area contributed by atoms with Crippen LogP contribution in [-0.2, 0) is 23.2 Å². The Morgan fingerprint density at radius 3 is 1.76 bits per heavy atom. The SMILES string of the molecule is COC(=O)CCCCCC[C@H]1C(O[Si](C)(C)C(C)(C)C)CC(O[Si](C)(C)C(C)(C)C)[C@@H]1CCC(O)C=O. The number of aliphatic hydroxyl groups excluding tert-OH is 1. The Kier molecular flexibility index (Phi) is 13.2. The van der Waals surface area contributed by atoms with Crippen molar-refractivity contribution in [2.24, 2.45) is 11.8 Å². The van der Waals surface area contributed by atoms with Crippen LogP contribution in [0, 0.1) is 11.8 Å². The molecule has 0 amide bonds. The molecule has 0 aromatic carbocycles. The Morgan fingerprint density at radius 1 is 0.865 bits per heavy atom. The van der Waals surface area contributed by atoms with Crippen LogP contribution in [0.2, 0.25) is 36.3 Å². The number of methoxy groups -OCH3 is 1. The number of ether oxygens (including phenoxy) is 1. The third-order valence-electron chi connectivity index (χ3n) is 9.32. The standard InChI is InChI=1S/C29H58O6Si2/c1-28(2,3)36(8,9)34-25-20-26(35-37(10,11)29(4,5)6)24(19-18-22(31)21-30)23(25)16-14-12-13-15-17-27(32)33-7/h21-26,31H,12-20H2,1-11H3/t22?,23-,24-,25?,26?/m1/s1. The van der Waals surface area contributed by atoms with E-state index in [1.165, 1.54) is 7.11 Å². The number of aliphatic hydroxyl groups is 1. The van der Waals surface area contributed by atoms with Crippen LogP contribution in [0.3, 0.4) is 0 Å². The van der Waals surface area contributed by atoms with Crippen LogP contribution in [0.15, 0.2) is 0 Å². The quantitative estimate of drug-likeness (QED) is 0.0986. The lowest BCUT2D eigenvalue weighted by Gasteiger charge is -2.40. The first-order valence-electron chi connectivity index (χ1n) is 14.4. The van der Waals surface area contributed by atoms with Gasteiger partial charge in [0, 0.05) is 6.42 Å². The Balaban J connectivity index is 3.15. The molecule has 8 heteroatoms. The third-order valence-corrected chi connectivity index (χ3v) is 18.3. The summed E-state index contributed by atoms with van der Waals surface area (Å²) in [7, 11) is -2.57. The van der Waals surface area contributed by atoms with Gasteiger partial charge in [0.1, 0.15) is 12.4 Å². The van der Waals surface area contributed by atoms with Crippen molar-refractivity contribution in [2.45, 2.75) is 154 Å². The van der Waals surface area contributed by atoms with Gasteiger partial charge in [0.2, 0.25) is 0 Å². The van der Waals surface area contributed by atoms with Crippen molar-refractivity contribution in [1.82, 2.24) is 0 Å². The predicted molar refractivity (Wildman–Crippen MR) is 157 cm³/mol. The van der Waals surface area contributed by atoms with Gasteiger partial charge < -0.3 is 23.5 Å². The normalized spacial score (nSPS) is 24.2. The van der Waals surface area contributed by atoms with E-state index in [4.69, 9.17) is 13.6 Å². The van der Waals surface area contributed by atoms with Crippen molar-refractivity contribution >= 4 is 28.9 Å². The summed E-state index contributed by atoms with van der Waals surface area (Å²) in [5, 5.41) is 10.3. The Hall–Kier alpha value is -0.546. The summed E-state index contributed by atoms with van der Waals surface area (Å²) in [6, 6.07) is 0. The van der Waals surface area contributed by atoms with Gasteiger partial charge in [-0.2, -0.15) is 0 Å². The molecule has 218 valence electrons. The highest BCUT2D eigenvalue weighted by Crippen LogP contribution is 2.49. The molecule has 1 aliphatic carbocycles. The van der Waals surface area contributed by atoms with Crippen molar-refractivity contribution in [2.75, 3.05) is 7.11 Å². The second kappa shape index (κ2) is 14.2. The third kappa shape index (κ3) is 10.5. The summed E-state index contributed by atoms with van der Waals surface area (Å²) in [6.07, 6.45) is 7.57. The average Bonchev–Trinajstić information content (AvgIpc) is 3.06. The first-order valence-corrected chi connectivity index (χ1v) is 20.2. The highest BCUT2D eigenvalue weighted by molar-refractivity contribution is 6.74. The number of aldehydes is 1. The van der Waals surface area contributed by atoms with Gasteiger partial charge in [-0.25, -0.2) is 0 Å². The highest BCUT2D eigenvalue weighted by Gasteiger charge is 2.51. The Morgan fingerprint density at radius 2 is 1.32 bits per heavy atom. The zero-order chi connectivity index (χ0) is 28.7. The molecule has 37 heavy (non-hydrogen) atoms. The van der Waals surface area contributed by atoms with Crippen LogP contribution in [0.25, 0.3) is 0 Å². The molecule has 1 saturated carbocycles. The molecule has 0 aliphatic heterocycles. The summed E-state index contributed by atoms with van der Waals surface area (Å²) < 4.78 is 18.9. The van der Waals surface area contributed by atoms with Gasteiger partial charge in [0.25, 0.3) is 0 Å². The molecule has 1 N–H and O–H groups in total. The fourth-order valence-electron chi connectivity index (χ4n) is 4.85. The minimum absolute atomic E-state index is 0.0823. The molecule has 5 atom stereocenters. The number of carbonyl (C=O) groups excluding carboxylic acids is 2. The molecule has 1 rings (SSSR count). The first-order chi connectivity index (χ1) is 16.9. The molecule has 0 aromatic rings. The largest absolute Gasteiger partial charge is 0.469 e. The second-order valence-corrected chi connectivity index (χ2v) is 23.7. The second-order valence-electron chi connectivity index (χ2n) is 14.2. The van der Waals surface area contributed by atoms with E-state index in [-0.39, 0.29) is 34.2 Å². The molecule has 0 saturated heterocycles. The number of hydrogen-bond acceptors (Lipinski definition) is 6. The molecule has 6 nitrogen and oxygen atoms in total. The van der Waals surface area contributed by atoms with Gasteiger partial charge in [0.05, 0.1) is 19.3 Å². The van der Waals surface area contributed by atoms with Crippen molar-refractivity contribution < 1.29 is 28.3 Å². The Bertz CT molecular complexity index is 710. The van der Waals surface area contributed by atoms with Crippen LogP contribution in [-0.4, -0.2) is 59.4 Å². The zero-order valence-electron chi connectivity index (χ0n) is 25.8. The number of unbranched alkanes of at least 4 members (excludes halogenated alkanes) is 3. The van der Waals surface area contributed by atoms with E-state index < -0.39 is 22.7 Å². The minimum atomic E-state index is -2.01. The topological polar surface area (TPSA) is 82.1 Å². The number of carbonyl (C=O) groups is 2. The van der Waals surface area contributed by atoms with Gasteiger partial charge in [-0.05, 0) is 80.2 Å². The molecule has 0 radical (unpaired) electrons. The molecular formula is C29H58O6Si2.